The summed E-state index contributed by atoms with van der Waals surface area (Å²) in [6, 6.07) is 7.98. The molecule has 0 atom stereocenters. The number of hydrogen-bond acceptors (Lipinski definition) is 4. The van der Waals surface area contributed by atoms with Gasteiger partial charge < -0.3 is 0 Å². The van der Waals surface area contributed by atoms with E-state index in [9.17, 15) is 4.79 Å². The summed E-state index contributed by atoms with van der Waals surface area (Å²) < 4.78 is 1.92. The van der Waals surface area contributed by atoms with Crippen molar-refractivity contribution in [3.63, 3.8) is 0 Å². The van der Waals surface area contributed by atoms with Gasteiger partial charge in [0.2, 0.25) is 0 Å². The predicted molar refractivity (Wildman–Crippen MR) is 76.4 cm³/mol. The van der Waals surface area contributed by atoms with Gasteiger partial charge in [-0.2, -0.15) is 5.10 Å². The minimum absolute atomic E-state index is 0.0906. The fourth-order valence-corrected chi connectivity index (χ4v) is 2.65. The standard InChI is InChI=1S/C14H17N3OS/c1-10(2)17-14(15-9-16-17)8-19-13-6-4-5-12(7-13)11(3)18/h4-7,9-10H,8H2,1-3H3. The van der Waals surface area contributed by atoms with Crippen molar-refractivity contribution in [3.05, 3.63) is 42.0 Å². The van der Waals surface area contributed by atoms with Crippen molar-refractivity contribution in [2.75, 3.05) is 0 Å². The maximum absolute atomic E-state index is 11.3. The van der Waals surface area contributed by atoms with E-state index in [2.05, 4.69) is 23.9 Å². The van der Waals surface area contributed by atoms with Crippen LogP contribution in [0.3, 0.4) is 0 Å². The Morgan fingerprint density at radius 1 is 1.42 bits per heavy atom. The lowest BCUT2D eigenvalue weighted by Crippen LogP contribution is -2.07. The molecule has 1 heterocycles. The first-order chi connectivity index (χ1) is 9.08. The molecule has 0 aliphatic heterocycles. The zero-order valence-electron chi connectivity index (χ0n) is 11.3. The van der Waals surface area contributed by atoms with Crippen LogP contribution in [-0.4, -0.2) is 20.5 Å². The number of benzene rings is 1. The number of ketones is 1. The smallest absolute Gasteiger partial charge is 0.159 e. The van der Waals surface area contributed by atoms with Crippen molar-refractivity contribution in [1.29, 1.82) is 0 Å². The highest BCUT2D eigenvalue weighted by Crippen LogP contribution is 2.23. The van der Waals surface area contributed by atoms with Crippen molar-refractivity contribution in [2.45, 2.75) is 37.5 Å². The quantitative estimate of drug-likeness (QED) is 0.620. The summed E-state index contributed by atoms with van der Waals surface area (Å²) in [5.41, 5.74) is 0.746. The van der Waals surface area contributed by atoms with E-state index in [1.165, 1.54) is 0 Å². The average molecular weight is 275 g/mol. The van der Waals surface area contributed by atoms with Gasteiger partial charge in [0.05, 0.1) is 5.75 Å². The molecule has 0 N–H and O–H groups in total. The van der Waals surface area contributed by atoms with Gasteiger partial charge in [0.25, 0.3) is 0 Å². The van der Waals surface area contributed by atoms with E-state index in [4.69, 9.17) is 0 Å². The minimum atomic E-state index is 0.0906. The Morgan fingerprint density at radius 3 is 2.89 bits per heavy atom. The number of Topliss-reactive ketones (excluding diaryl/α,β-unsaturated/α-hetero) is 1. The Morgan fingerprint density at radius 2 is 2.21 bits per heavy atom. The van der Waals surface area contributed by atoms with Crippen LogP contribution >= 0.6 is 11.8 Å². The van der Waals surface area contributed by atoms with E-state index >= 15 is 0 Å². The second-order valence-corrected chi connectivity index (χ2v) is 5.64. The summed E-state index contributed by atoms with van der Waals surface area (Å²) >= 11 is 1.67. The molecule has 2 aromatic rings. The zero-order valence-corrected chi connectivity index (χ0v) is 12.1. The molecule has 1 aromatic carbocycles. The van der Waals surface area contributed by atoms with E-state index in [0.29, 0.717) is 6.04 Å². The maximum Gasteiger partial charge on any atom is 0.159 e. The number of thioether (sulfide) groups is 1. The largest absolute Gasteiger partial charge is 0.295 e. The van der Waals surface area contributed by atoms with E-state index in [1.54, 1.807) is 25.0 Å². The van der Waals surface area contributed by atoms with Gasteiger partial charge in [-0.05, 0) is 32.9 Å². The van der Waals surface area contributed by atoms with Gasteiger partial charge in [-0.15, -0.1) is 11.8 Å². The number of nitrogens with zero attached hydrogens (tertiary/aromatic N) is 3. The summed E-state index contributed by atoms with van der Waals surface area (Å²) in [5, 5.41) is 4.21. The summed E-state index contributed by atoms with van der Waals surface area (Å²) in [4.78, 5) is 16.7. The molecule has 0 spiro atoms. The van der Waals surface area contributed by atoms with Gasteiger partial charge >= 0.3 is 0 Å². The predicted octanol–water partition coefficient (Wildman–Crippen LogP) is 3.35. The average Bonchev–Trinajstić information content (AvgIpc) is 2.85. The Kier molecular flexibility index (Phi) is 4.37. The van der Waals surface area contributed by atoms with Crippen LogP contribution in [0.25, 0.3) is 0 Å². The topological polar surface area (TPSA) is 47.8 Å². The van der Waals surface area contributed by atoms with Gasteiger partial charge in [0, 0.05) is 16.5 Å². The van der Waals surface area contributed by atoms with Crippen LogP contribution < -0.4 is 0 Å². The molecule has 0 aliphatic rings. The Hall–Kier alpha value is -1.62. The molecule has 4 nitrogen and oxygen atoms in total. The SMILES string of the molecule is CC(=O)c1cccc(SCc2ncnn2C(C)C)c1. The van der Waals surface area contributed by atoms with Crippen LogP contribution in [-0.2, 0) is 5.75 Å². The number of carbonyl (C=O) groups excluding carboxylic acids is 1. The molecule has 0 radical (unpaired) electrons. The molecule has 0 unspecified atom stereocenters. The summed E-state index contributed by atoms with van der Waals surface area (Å²) in [6.07, 6.45) is 1.59. The van der Waals surface area contributed by atoms with Crippen molar-refractivity contribution < 1.29 is 4.79 Å². The number of carbonyl (C=O) groups is 1. The van der Waals surface area contributed by atoms with Crippen molar-refractivity contribution in [1.82, 2.24) is 14.8 Å². The van der Waals surface area contributed by atoms with Crippen LogP contribution in [0.4, 0.5) is 0 Å². The second-order valence-electron chi connectivity index (χ2n) is 4.59. The highest BCUT2D eigenvalue weighted by Gasteiger charge is 2.08. The lowest BCUT2D eigenvalue weighted by Gasteiger charge is -2.09. The molecule has 5 heteroatoms. The third kappa shape index (κ3) is 3.44. The fraction of sp³-hybridized carbons (Fsp3) is 0.357. The van der Waals surface area contributed by atoms with E-state index in [0.717, 1.165) is 22.0 Å². The Labute approximate surface area is 117 Å². The molecule has 0 aliphatic carbocycles. The van der Waals surface area contributed by atoms with Crippen LogP contribution in [0.1, 0.15) is 43.0 Å². The molecule has 0 fully saturated rings. The molecule has 0 amide bonds. The van der Waals surface area contributed by atoms with Crippen molar-refractivity contribution >= 4 is 17.5 Å². The lowest BCUT2D eigenvalue weighted by atomic mass is 10.2. The first kappa shape index (κ1) is 13.8. The van der Waals surface area contributed by atoms with Crippen LogP contribution in [0.2, 0.25) is 0 Å². The van der Waals surface area contributed by atoms with Crippen molar-refractivity contribution in [2.24, 2.45) is 0 Å². The molecule has 0 saturated carbocycles. The fourth-order valence-electron chi connectivity index (χ4n) is 1.76. The summed E-state index contributed by atoms with van der Waals surface area (Å²) in [6.45, 7) is 5.75. The molecule has 19 heavy (non-hydrogen) atoms. The van der Waals surface area contributed by atoms with Gasteiger partial charge in [-0.1, -0.05) is 12.1 Å². The third-order valence-corrected chi connectivity index (χ3v) is 3.73. The molecular weight excluding hydrogens is 258 g/mol. The molecular formula is C14H17N3OS. The van der Waals surface area contributed by atoms with E-state index < -0.39 is 0 Å². The summed E-state index contributed by atoms with van der Waals surface area (Å²) in [7, 11) is 0. The first-order valence-corrected chi connectivity index (χ1v) is 7.18. The number of aromatic nitrogens is 3. The first-order valence-electron chi connectivity index (χ1n) is 6.20. The Bertz CT molecular complexity index is 578. The number of rotatable bonds is 5. The van der Waals surface area contributed by atoms with E-state index in [-0.39, 0.29) is 5.78 Å². The zero-order chi connectivity index (χ0) is 13.8. The second kappa shape index (κ2) is 6.02. The van der Waals surface area contributed by atoms with Gasteiger partial charge in [-0.25, -0.2) is 9.67 Å². The third-order valence-electron chi connectivity index (χ3n) is 2.74. The van der Waals surface area contributed by atoms with Crippen LogP contribution in [0.5, 0.6) is 0 Å². The maximum atomic E-state index is 11.3. The lowest BCUT2D eigenvalue weighted by molar-refractivity contribution is 0.101. The minimum Gasteiger partial charge on any atom is -0.295 e. The molecule has 1 aromatic heterocycles. The van der Waals surface area contributed by atoms with Gasteiger partial charge in [0.15, 0.2) is 5.78 Å². The highest BCUT2D eigenvalue weighted by atomic mass is 32.2. The highest BCUT2D eigenvalue weighted by molar-refractivity contribution is 7.98. The monoisotopic (exact) mass is 275 g/mol. The molecule has 2 rings (SSSR count). The van der Waals surface area contributed by atoms with Crippen molar-refractivity contribution in [3.8, 4) is 0 Å². The Balaban J connectivity index is 2.08. The molecule has 100 valence electrons. The normalized spacial score (nSPS) is 10.9. The van der Waals surface area contributed by atoms with Crippen LogP contribution in [0.15, 0.2) is 35.5 Å². The molecule has 0 saturated heterocycles. The van der Waals surface area contributed by atoms with Crippen LogP contribution in [0, 0.1) is 0 Å². The molecule has 0 bridgehead atoms. The summed E-state index contributed by atoms with van der Waals surface area (Å²) in [5.74, 6) is 1.79. The van der Waals surface area contributed by atoms with Gasteiger partial charge in [-0.3, -0.25) is 4.79 Å². The van der Waals surface area contributed by atoms with Gasteiger partial charge in [0.1, 0.15) is 12.2 Å². The number of hydrogen-bond donors (Lipinski definition) is 0. The van der Waals surface area contributed by atoms with E-state index in [1.807, 2.05) is 28.9 Å².